The number of nitrogens with zero attached hydrogens (tertiary/aromatic N) is 2. The molecule has 1 aliphatic heterocycles. The van der Waals surface area contributed by atoms with Crippen molar-refractivity contribution in [1.29, 1.82) is 0 Å². The van der Waals surface area contributed by atoms with Gasteiger partial charge in [-0.05, 0) is 61.4 Å². The van der Waals surface area contributed by atoms with Crippen LogP contribution in [-0.4, -0.2) is 24.7 Å². The summed E-state index contributed by atoms with van der Waals surface area (Å²) in [5, 5.41) is 6.84. The molecule has 0 fully saturated rings. The number of rotatable bonds is 3. The highest BCUT2D eigenvalue weighted by atomic mass is 35.5. The van der Waals surface area contributed by atoms with E-state index < -0.39 is 0 Å². The maximum absolute atomic E-state index is 12.5. The first-order valence-electron chi connectivity index (χ1n) is 9.86. The summed E-state index contributed by atoms with van der Waals surface area (Å²) >= 11 is 6.51. The molecule has 0 bridgehead atoms. The van der Waals surface area contributed by atoms with Gasteiger partial charge in [0.2, 0.25) is 0 Å². The van der Waals surface area contributed by atoms with Crippen molar-refractivity contribution >= 4 is 45.8 Å². The zero-order chi connectivity index (χ0) is 21.5. The number of hydrazone groups is 1. The molecule has 1 heterocycles. The minimum atomic E-state index is -0.261. The van der Waals surface area contributed by atoms with Gasteiger partial charge < -0.3 is 4.90 Å². The normalized spacial score (nSPS) is 15.2. The van der Waals surface area contributed by atoms with Crippen LogP contribution < -0.4 is 10.3 Å². The lowest BCUT2D eigenvalue weighted by Crippen LogP contribution is -2.42. The molecule has 0 radical (unpaired) electrons. The van der Waals surface area contributed by atoms with Crippen molar-refractivity contribution in [2.45, 2.75) is 26.3 Å². The molecule has 0 atom stereocenters. The summed E-state index contributed by atoms with van der Waals surface area (Å²) < 4.78 is 0. The van der Waals surface area contributed by atoms with E-state index in [1.807, 2.05) is 48.5 Å². The lowest BCUT2D eigenvalue weighted by atomic mass is 9.88. The van der Waals surface area contributed by atoms with E-state index in [0.717, 1.165) is 27.6 Å². The molecule has 0 aromatic heterocycles. The second-order valence-corrected chi connectivity index (χ2v) is 8.60. The number of halogens is 1. The highest BCUT2D eigenvalue weighted by Gasteiger charge is 2.29. The summed E-state index contributed by atoms with van der Waals surface area (Å²) in [7, 11) is 2.07. The monoisotopic (exact) mass is 417 g/mol. The molecule has 3 aromatic rings. The van der Waals surface area contributed by atoms with E-state index in [4.69, 9.17) is 11.6 Å². The van der Waals surface area contributed by atoms with Crippen molar-refractivity contribution < 1.29 is 4.79 Å². The molecule has 5 heteroatoms. The molecular weight excluding hydrogens is 394 g/mol. The summed E-state index contributed by atoms with van der Waals surface area (Å²) in [5.41, 5.74) is 7.23. The number of nitrogens with one attached hydrogen (secondary N) is 1. The Morgan fingerprint density at radius 2 is 1.83 bits per heavy atom. The highest BCUT2D eigenvalue weighted by Crippen LogP contribution is 2.40. The Labute approximate surface area is 181 Å². The molecule has 0 aliphatic carbocycles. The quantitative estimate of drug-likeness (QED) is 0.426. The fourth-order valence-corrected chi connectivity index (χ4v) is 4.05. The van der Waals surface area contributed by atoms with Crippen LogP contribution in [0.25, 0.3) is 16.3 Å². The van der Waals surface area contributed by atoms with Crippen LogP contribution in [0.15, 0.2) is 65.8 Å². The molecule has 3 aromatic carbocycles. The Morgan fingerprint density at radius 1 is 1.10 bits per heavy atom. The zero-order valence-electron chi connectivity index (χ0n) is 17.5. The first kappa shape index (κ1) is 20.2. The Kier molecular flexibility index (Phi) is 5.12. The van der Waals surface area contributed by atoms with Crippen molar-refractivity contribution in [2.75, 3.05) is 11.9 Å². The first-order valence-corrected chi connectivity index (χ1v) is 10.2. The molecule has 0 saturated carbocycles. The van der Waals surface area contributed by atoms with Gasteiger partial charge in [0, 0.05) is 29.4 Å². The van der Waals surface area contributed by atoms with Gasteiger partial charge in [-0.25, -0.2) is 5.43 Å². The van der Waals surface area contributed by atoms with Crippen molar-refractivity contribution in [2.24, 2.45) is 5.10 Å². The maximum atomic E-state index is 12.5. The topological polar surface area (TPSA) is 44.7 Å². The van der Waals surface area contributed by atoms with Gasteiger partial charge in [0.15, 0.2) is 0 Å². The van der Waals surface area contributed by atoms with E-state index in [0.29, 0.717) is 10.6 Å². The van der Waals surface area contributed by atoms with Crippen LogP contribution in [-0.2, 0) is 0 Å². The molecular formula is C25H24ClN3O. The summed E-state index contributed by atoms with van der Waals surface area (Å²) in [5.74, 6) is -0.261. The summed E-state index contributed by atoms with van der Waals surface area (Å²) in [4.78, 5) is 14.7. The number of benzene rings is 3. The van der Waals surface area contributed by atoms with Gasteiger partial charge in [0.1, 0.15) is 0 Å². The summed E-state index contributed by atoms with van der Waals surface area (Å²) in [6, 6.07) is 17.5. The second kappa shape index (κ2) is 7.62. The van der Waals surface area contributed by atoms with E-state index in [1.54, 1.807) is 12.3 Å². The third kappa shape index (κ3) is 3.71. The molecule has 1 amide bonds. The molecule has 1 N–H and O–H groups in total. The van der Waals surface area contributed by atoms with Crippen LogP contribution in [0.5, 0.6) is 0 Å². The Hall–Kier alpha value is -3.11. The van der Waals surface area contributed by atoms with Gasteiger partial charge in [-0.3, -0.25) is 4.79 Å². The Morgan fingerprint density at radius 3 is 2.60 bits per heavy atom. The number of allylic oxidation sites excluding steroid dienone is 1. The van der Waals surface area contributed by atoms with Gasteiger partial charge >= 0.3 is 0 Å². The predicted octanol–water partition coefficient (Wildman–Crippen LogP) is 5.89. The number of anilines is 1. The third-order valence-corrected chi connectivity index (χ3v) is 6.04. The van der Waals surface area contributed by atoms with E-state index in [1.165, 1.54) is 5.57 Å². The highest BCUT2D eigenvalue weighted by molar-refractivity contribution is 6.33. The van der Waals surface area contributed by atoms with Gasteiger partial charge in [0.25, 0.3) is 5.91 Å². The van der Waals surface area contributed by atoms with Crippen LogP contribution in [0.2, 0.25) is 5.02 Å². The van der Waals surface area contributed by atoms with Crippen LogP contribution in [0, 0.1) is 0 Å². The average Bonchev–Trinajstić information content (AvgIpc) is 2.72. The van der Waals surface area contributed by atoms with Crippen molar-refractivity contribution in [3.8, 4) is 0 Å². The molecule has 0 spiro atoms. The molecule has 152 valence electrons. The SMILES string of the molecule is CC1=CC(C)(C)N(C)c2cc(Cl)c(/C=N\NC(=O)c3ccc4ccccc4c3)cc21. The number of amides is 1. The molecule has 0 saturated heterocycles. The fraction of sp³-hybridized carbons (Fsp3) is 0.200. The maximum Gasteiger partial charge on any atom is 0.271 e. The Balaban J connectivity index is 1.55. The van der Waals surface area contributed by atoms with E-state index in [2.05, 4.69) is 49.3 Å². The van der Waals surface area contributed by atoms with Crippen LogP contribution in [0.3, 0.4) is 0 Å². The van der Waals surface area contributed by atoms with E-state index >= 15 is 0 Å². The van der Waals surface area contributed by atoms with E-state index in [9.17, 15) is 4.79 Å². The van der Waals surface area contributed by atoms with E-state index in [-0.39, 0.29) is 11.4 Å². The Bertz CT molecular complexity index is 1210. The smallest absolute Gasteiger partial charge is 0.271 e. The largest absolute Gasteiger partial charge is 0.365 e. The van der Waals surface area contributed by atoms with Gasteiger partial charge in [0.05, 0.1) is 16.8 Å². The number of hydrogen-bond donors (Lipinski definition) is 1. The molecule has 0 unspecified atom stereocenters. The lowest BCUT2D eigenvalue weighted by molar-refractivity contribution is 0.0955. The van der Waals surface area contributed by atoms with Crippen LogP contribution in [0.1, 0.15) is 42.3 Å². The molecule has 4 nitrogen and oxygen atoms in total. The fourth-order valence-electron chi connectivity index (χ4n) is 3.84. The first-order chi connectivity index (χ1) is 14.3. The number of fused-ring (bicyclic) bond motifs is 2. The third-order valence-electron chi connectivity index (χ3n) is 5.72. The van der Waals surface area contributed by atoms with Crippen LogP contribution in [0.4, 0.5) is 5.69 Å². The number of likely N-dealkylation sites (N-methyl/N-ethyl adjacent to an activating group) is 1. The zero-order valence-corrected chi connectivity index (χ0v) is 18.3. The van der Waals surface area contributed by atoms with Gasteiger partial charge in [-0.1, -0.05) is 48.0 Å². The minimum absolute atomic E-state index is 0.0795. The molecule has 1 aliphatic rings. The van der Waals surface area contributed by atoms with Gasteiger partial charge in [-0.2, -0.15) is 5.10 Å². The standard InChI is InChI=1S/C25H24ClN3O/c1-16-14-25(2,3)29(4)23-13-22(26)20(12-21(16)23)15-27-28-24(30)19-10-9-17-7-5-6-8-18(17)11-19/h5-15H,1-4H3,(H,28,30)/b27-15-. The average molecular weight is 418 g/mol. The lowest BCUT2D eigenvalue weighted by Gasteiger charge is -2.40. The molecule has 4 rings (SSSR count). The van der Waals surface area contributed by atoms with Crippen LogP contribution >= 0.6 is 11.6 Å². The second-order valence-electron chi connectivity index (χ2n) is 8.19. The minimum Gasteiger partial charge on any atom is -0.365 e. The predicted molar refractivity (Wildman–Crippen MR) is 127 cm³/mol. The van der Waals surface area contributed by atoms with Crippen molar-refractivity contribution in [3.63, 3.8) is 0 Å². The number of carbonyl (C=O) groups excluding carboxylic acids is 1. The summed E-state index contributed by atoms with van der Waals surface area (Å²) in [6.07, 6.45) is 3.83. The van der Waals surface area contributed by atoms with Crippen molar-refractivity contribution in [3.05, 3.63) is 82.4 Å². The van der Waals surface area contributed by atoms with Crippen molar-refractivity contribution in [1.82, 2.24) is 5.43 Å². The van der Waals surface area contributed by atoms with Gasteiger partial charge in [-0.15, -0.1) is 0 Å². The number of hydrogen-bond acceptors (Lipinski definition) is 3. The number of carbonyl (C=O) groups is 1. The summed E-state index contributed by atoms with van der Waals surface area (Å²) in [6.45, 7) is 6.44. The molecule has 30 heavy (non-hydrogen) atoms.